The number of carbonyl (C=O) groups is 2. The van der Waals surface area contributed by atoms with Crippen LogP contribution in [-0.4, -0.2) is 41.8 Å². The Morgan fingerprint density at radius 1 is 1.11 bits per heavy atom. The van der Waals surface area contributed by atoms with Gasteiger partial charge in [-0.1, -0.05) is 0 Å². The molecular weight excluding hydrogens is 346 g/mol. The summed E-state index contributed by atoms with van der Waals surface area (Å²) in [6, 6.07) is 7.82. The van der Waals surface area contributed by atoms with Gasteiger partial charge in [-0.15, -0.1) is 0 Å². The number of benzene rings is 1. The van der Waals surface area contributed by atoms with Crippen molar-refractivity contribution in [3.63, 3.8) is 0 Å². The van der Waals surface area contributed by atoms with Crippen LogP contribution in [0.5, 0.6) is 0 Å². The minimum absolute atomic E-state index is 0.0114. The van der Waals surface area contributed by atoms with Gasteiger partial charge in [0.2, 0.25) is 0 Å². The fraction of sp³-hybridized carbons (Fsp3) is 0.0556. The third-order valence-corrected chi connectivity index (χ3v) is 4.08. The Bertz CT molecular complexity index is 1100. The Morgan fingerprint density at radius 3 is 2.63 bits per heavy atom. The molecule has 0 atom stereocenters. The number of imide groups is 1. The first kappa shape index (κ1) is 16.5. The first-order valence-electron chi connectivity index (χ1n) is 8.10. The molecular formula is C18H15N7O2. The van der Waals surface area contributed by atoms with E-state index >= 15 is 0 Å². The van der Waals surface area contributed by atoms with Gasteiger partial charge in [0.1, 0.15) is 5.82 Å². The normalized spacial score (nSPS) is 10.8. The molecule has 0 spiro atoms. The number of pyridine rings is 1. The van der Waals surface area contributed by atoms with Crippen LogP contribution in [0.15, 0.2) is 55.2 Å². The molecule has 3 amide bonds. The number of primary amides is 1. The van der Waals surface area contributed by atoms with E-state index < -0.39 is 11.9 Å². The molecule has 27 heavy (non-hydrogen) atoms. The molecule has 1 aromatic carbocycles. The lowest BCUT2D eigenvalue weighted by Crippen LogP contribution is -2.40. The van der Waals surface area contributed by atoms with Crippen LogP contribution in [0.25, 0.3) is 22.4 Å². The van der Waals surface area contributed by atoms with Gasteiger partial charge in [-0.25, -0.2) is 14.8 Å². The molecule has 0 bridgehead atoms. The number of aromatic amines is 2. The highest BCUT2D eigenvalue weighted by Gasteiger charge is 2.22. The zero-order valence-corrected chi connectivity index (χ0v) is 14.1. The average Bonchev–Trinajstić information content (AvgIpc) is 3.35. The highest BCUT2D eigenvalue weighted by molar-refractivity contribution is 6.05. The van der Waals surface area contributed by atoms with Gasteiger partial charge in [0.15, 0.2) is 0 Å². The molecule has 0 fully saturated rings. The Labute approximate surface area is 153 Å². The number of rotatable bonds is 4. The quantitative estimate of drug-likeness (QED) is 0.511. The number of imidazole rings is 2. The Balaban J connectivity index is 1.66. The zero-order chi connectivity index (χ0) is 18.8. The van der Waals surface area contributed by atoms with Crippen molar-refractivity contribution in [1.82, 2.24) is 29.8 Å². The number of urea groups is 1. The molecule has 3 heterocycles. The van der Waals surface area contributed by atoms with Crippen molar-refractivity contribution < 1.29 is 9.59 Å². The summed E-state index contributed by atoms with van der Waals surface area (Å²) in [6.07, 6.45) is 6.36. The number of hydrogen-bond donors (Lipinski definition) is 3. The summed E-state index contributed by atoms with van der Waals surface area (Å²) >= 11 is 0. The predicted molar refractivity (Wildman–Crippen MR) is 97.4 cm³/mol. The summed E-state index contributed by atoms with van der Waals surface area (Å²) in [4.78, 5) is 43.9. The molecule has 0 aliphatic rings. The van der Waals surface area contributed by atoms with E-state index in [9.17, 15) is 9.59 Å². The molecule has 0 aliphatic heterocycles. The Hall–Kier alpha value is -4.01. The molecule has 0 aliphatic carbocycles. The van der Waals surface area contributed by atoms with Crippen molar-refractivity contribution in [2.45, 2.75) is 6.54 Å². The maximum Gasteiger partial charge on any atom is 0.322 e. The van der Waals surface area contributed by atoms with Gasteiger partial charge in [0.25, 0.3) is 5.91 Å². The minimum atomic E-state index is -0.836. The lowest BCUT2D eigenvalue weighted by atomic mass is 10.1. The van der Waals surface area contributed by atoms with E-state index in [1.54, 1.807) is 30.6 Å². The summed E-state index contributed by atoms with van der Waals surface area (Å²) in [5.74, 6) is 0.167. The molecule has 4 N–H and O–H groups in total. The second-order valence-corrected chi connectivity index (χ2v) is 5.86. The second kappa shape index (κ2) is 6.71. The predicted octanol–water partition coefficient (Wildman–Crippen LogP) is 2.07. The molecule has 0 radical (unpaired) electrons. The van der Waals surface area contributed by atoms with Gasteiger partial charge in [0.05, 0.1) is 29.6 Å². The van der Waals surface area contributed by atoms with Crippen LogP contribution in [0.2, 0.25) is 0 Å². The van der Waals surface area contributed by atoms with E-state index in [1.165, 1.54) is 12.5 Å². The number of H-pyrrole nitrogens is 2. The topological polar surface area (TPSA) is 134 Å². The van der Waals surface area contributed by atoms with Crippen molar-refractivity contribution in [3.05, 3.63) is 66.5 Å². The van der Waals surface area contributed by atoms with Crippen LogP contribution in [0.3, 0.4) is 0 Å². The molecule has 3 aromatic heterocycles. The van der Waals surface area contributed by atoms with Crippen LogP contribution in [0.4, 0.5) is 4.79 Å². The SMILES string of the molecule is NC(=O)N(Cc1cnc[nH]1)C(=O)c1ccc2nc(-c3ccncc3)[nH]c2c1. The fourth-order valence-corrected chi connectivity index (χ4v) is 2.74. The lowest BCUT2D eigenvalue weighted by Gasteiger charge is -2.17. The van der Waals surface area contributed by atoms with Gasteiger partial charge in [0, 0.05) is 29.7 Å². The maximum atomic E-state index is 12.8. The van der Waals surface area contributed by atoms with Crippen molar-refractivity contribution in [2.75, 3.05) is 0 Å². The zero-order valence-electron chi connectivity index (χ0n) is 14.1. The number of hydrogen-bond acceptors (Lipinski definition) is 5. The molecule has 4 aromatic rings. The van der Waals surface area contributed by atoms with Crippen molar-refractivity contribution >= 4 is 23.0 Å². The summed E-state index contributed by atoms with van der Waals surface area (Å²) in [7, 11) is 0. The smallest absolute Gasteiger partial charge is 0.322 e. The maximum absolute atomic E-state index is 12.8. The van der Waals surface area contributed by atoms with E-state index in [-0.39, 0.29) is 6.54 Å². The highest BCUT2D eigenvalue weighted by atomic mass is 16.2. The third-order valence-electron chi connectivity index (χ3n) is 4.08. The molecule has 0 saturated carbocycles. The van der Waals surface area contributed by atoms with Gasteiger partial charge >= 0.3 is 6.03 Å². The summed E-state index contributed by atoms with van der Waals surface area (Å²) < 4.78 is 0. The van der Waals surface area contributed by atoms with Crippen LogP contribution in [0, 0.1) is 0 Å². The van der Waals surface area contributed by atoms with Crippen LogP contribution in [-0.2, 0) is 6.54 Å². The summed E-state index contributed by atoms with van der Waals surface area (Å²) in [5.41, 5.74) is 8.58. The number of fused-ring (bicyclic) bond motifs is 1. The van der Waals surface area contributed by atoms with Crippen molar-refractivity contribution in [2.24, 2.45) is 5.73 Å². The van der Waals surface area contributed by atoms with E-state index in [2.05, 4.69) is 24.9 Å². The molecule has 9 heteroatoms. The average molecular weight is 361 g/mol. The number of aromatic nitrogens is 5. The lowest BCUT2D eigenvalue weighted by molar-refractivity contribution is 0.0797. The first-order valence-corrected chi connectivity index (χ1v) is 8.10. The Morgan fingerprint density at radius 2 is 1.93 bits per heavy atom. The van der Waals surface area contributed by atoms with Gasteiger partial charge in [-0.05, 0) is 30.3 Å². The largest absolute Gasteiger partial charge is 0.351 e. The van der Waals surface area contributed by atoms with Crippen LogP contribution < -0.4 is 5.73 Å². The number of amides is 3. The molecule has 4 rings (SSSR count). The van der Waals surface area contributed by atoms with Crippen molar-refractivity contribution in [1.29, 1.82) is 0 Å². The van der Waals surface area contributed by atoms with Crippen LogP contribution >= 0.6 is 0 Å². The third kappa shape index (κ3) is 3.25. The van der Waals surface area contributed by atoms with E-state index in [1.807, 2.05) is 12.1 Å². The number of nitrogens with zero attached hydrogens (tertiary/aromatic N) is 4. The fourth-order valence-electron chi connectivity index (χ4n) is 2.74. The van der Waals surface area contributed by atoms with E-state index in [0.29, 0.717) is 28.1 Å². The number of nitrogens with one attached hydrogen (secondary N) is 2. The van der Waals surface area contributed by atoms with E-state index in [4.69, 9.17) is 5.73 Å². The van der Waals surface area contributed by atoms with Crippen molar-refractivity contribution in [3.8, 4) is 11.4 Å². The molecule has 134 valence electrons. The molecule has 0 saturated heterocycles. The van der Waals surface area contributed by atoms with E-state index in [0.717, 1.165) is 10.5 Å². The standard InChI is InChI=1S/C18H15N7O2/c19-18(27)25(9-13-8-21-10-22-13)17(26)12-1-2-14-15(7-12)24-16(23-14)11-3-5-20-6-4-11/h1-8,10H,9H2,(H2,19,27)(H,21,22)(H,23,24). The Kier molecular flexibility index (Phi) is 4.09. The monoisotopic (exact) mass is 361 g/mol. The van der Waals surface area contributed by atoms with Gasteiger partial charge in [-0.2, -0.15) is 0 Å². The summed E-state index contributed by atoms with van der Waals surface area (Å²) in [5, 5.41) is 0. The van der Waals surface area contributed by atoms with Gasteiger partial charge < -0.3 is 15.7 Å². The highest BCUT2D eigenvalue weighted by Crippen LogP contribution is 2.21. The summed E-state index contributed by atoms with van der Waals surface area (Å²) in [6.45, 7) is 0.0114. The molecule has 0 unspecified atom stereocenters. The van der Waals surface area contributed by atoms with Crippen LogP contribution in [0.1, 0.15) is 16.1 Å². The minimum Gasteiger partial charge on any atom is -0.351 e. The first-order chi connectivity index (χ1) is 13.1. The second-order valence-electron chi connectivity index (χ2n) is 5.86. The number of nitrogens with two attached hydrogens (primary N) is 1. The number of carbonyl (C=O) groups excluding carboxylic acids is 2. The molecule has 9 nitrogen and oxygen atoms in total. The van der Waals surface area contributed by atoms with Gasteiger partial charge in [-0.3, -0.25) is 14.7 Å².